The van der Waals surface area contributed by atoms with Crippen molar-refractivity contribution < 1.29 is 9.90 Å². The van der Waals surface area contributed by atoms with Crippen molar-refractivity contribution in [2.75, 3.05) is 6.54 Å². The highest BCUT2D eigenvalue weighted by molar-refractivity contribution is 5.82. The van der Waals surface area contributed by atoms with Crippen LogP contribution in [-0.2, 0) is 17.8 Å². The quantitative estimate of drug-likeness (QED) is 0.631. The third kappa shape index (κ3) is 3.02. The molecule has 110 valence electrons. The van der Waals surface area contributed by atoms with E-state index in [9.17, 15) is 9.90 Å². The first-order valence-corrected chi connectivity index (χ1v) is 7.42. The second-order valence-electron chi connectivity index (χ2n) is 5.89. The Labute approximate surface area is 118 Å². The van der Waals surface area contributed by atoms with Gasteiger partial charge in [0, 0.05) is 19.5 Å². The first kappa shape index (κ1) is 13.6. The molecule has 4 N–H and O–H groups in total. The van der Waals surface area contributed by atoms with Gasteiger partial charge in [0.05, 0.1) is 29.9 Å². The van der Waals surface area contributed by atoms with Gasteiger partial charge in [-0.25, -0.2) is 4.98 Å². The SMILES string of the molecule is O=C(NCC1CCC(O)CC1)C1Cc2nc[nH]c2CN1. The Hall–Kier alpha value is -1.40. The van der Waals surface area contributed by atoms with Crippen molar-refractivity contribution in [1.29, 1.82) is 0 Å². The Morgan fingerprint density at radius 1 is 1.40 bits per heavy atom. The summed E-state index contributed by atoms with van der Waals surface area (Å²) in [4.78, 5) is 19.5. The highest BCUT2D eigenvalue weighted by atomic mass is 16.3. The second kappa shape index (κ2) is 5.93. The van der Waals surface area contributed by atoms with E-state index in [1.165, 1.54) is 0 Å². The minimum Gasteiger partial charge on any atom is -0.393 e. The van der Waals surface area contributed by atoms with Gasteiger partial charge in [-0.3, -0.25) is 10.1 Å². The van der Waals surface area contributed by atoms with Crippen molar-refractivity contribution in [3.63, 3.8) is 0 Å². The highest BCUT2D eigenvalue weighted by Crippen LogP contribution is 2.23. The molecule has 2 aliphatic rings. The fraction of sp³-hybridized carbons (Fsp3) is 0.714. The van der Waals surface area contributed by atoms with Crippen molar-refractivity contribution in [2.24, 2.45) is 5.92 Å². The zero-order chi connectivity index (χ0) is 13.9. The summed E-state index contributed by atoms with van der Waals surface area (Å²) in [6.07, 6.45) is 5.91. The van der Waals surface area contributed by atoms with Crippen LogP contribution >= 0.6 is 0 Å². The number of fused-ring (bicyclic) bond motifs is 1. The fourth-order valence-electron chi connectivity index (χ4n) is 3.07. The predicted molar refractivity (Wildman–Crippen MR) is 73.9 cm³/mol. The summed E-state index contributed by atoms with van der Waals surface area (Å²) in [5, 5.41) is 15.7. The smallest absolute Gasteiger partial charge is 0.237 e. The van der Waals surface area contributed by atoms with Gasteiger partial charge in [0.25, 0.3) is 0 Å². The summed E-state index contributed by atoms with van der Waals surface area (Å²) in [7, 11) is 0. The molecule has 1 aliphatic carbocycles. The van der Waals surface area contributed by atoms with Crippen molar-refractivity contribution in [3.05, 3.63) is 17.7 Å². The van der Waals surface area contributed by atoms with Crippen LogP contribution in [0.15, 0.2) is 6.33 Å². The summed E-state index contributed by atoms with van der Waals surface area (Å²) in [6, 6.07) is -0.181. The molecular weight excluding hydrogens is 256 g/mol. The summed E-state index contributed by atoms with van der Waals surface area (Å²) in [5.74, 6) is 0.566. The summed E-state index contributed by atoms with van der Waals surface area (Å²) >= 11 is 0. The van der Waals surface area contributed by atoms with Crippen molar-refractivity contribution in [1.82, 2.24) is 20.6 Å². The summed E-state index contributed by atoms with van der Waals surface area (Å²) in [6.45, 7) is 1.39. The first-order valence-electron chi connectivity index (χ1n) is 7.42. The maximum Gasteiger partial charge on any atom is 0.237 e. The molecule has 1 saturated carbocycles. The molecule has 6 nitrogen and oxygen atoms in total. The minimum absolute atomic E-state index is 0.0600. The number of aromatic amines is 1. The second-order valence-corrected chi connectivity index (χ2v) is 5.89. The molecule has 1 unspecified atom stereocenters. The molecule has 3 rings (SSSR count). The molecular formula is C14H22N4O2. The lowest BCUT2D eigenvalue weighted by Gasteiger charge is -2.27. The van der Waals surface area contributed by atoms with Crippen molar-refractivity contribution >= 4 is 5.91 Å². The number of nitrogens with one attached hydrogen (secondary N) is 3. The Morgan fingerprint density at radius 2 is 2.20 bits per heavy atom. The number of hydrogen-bond donors (Lipinski definition) is 4. The molecule has 6 heteroatoms. The van der Waals surface area contributed by atoms with Gasteiger partial charge in [0.1, 0.15) is 0 Å². The first-order chi connectivity index (χ1) is 9.72. The average Bonchev–Trinajstić information content (AvgIpc) is 2.93. The maximum absolute atomic E-state index is 12.2. The van der Waals surface area contributed by atoms with E-state index in [1.807, 2.05) is 0 Å². The summed E-state index contributed by atoms with van der Waals surface area (Å²) < 4.78 is 0. The van der Waals surface area contributed by atoms with Crippen LogP contribution in [0.4, 0.5) is 0 Å². The van der Waals surface area contributed by atoms with Crippen molar-refractivity contribution in [2.45, 2.75) is 50.8 Å². The lowest BCUT2D eigenvalue weighted by atomic mass is 9.87. The van der Waals surface area contributed by atoms with Crippen LogP contribution in [0.3, 0.4) is 0 Å². The largest absolute Gasteiger partial charge is 0.393 e. The van der Waals surface area contributed by atoms with E-state index in [0.717, 1.165) is 43.6 Å². The molecule has 20 heavy (non-hydrogen) atoms. The van der Waals surface area contributed by atoms with Gasteiger partial charge >= 0.3 is 0 Å². The number of aliphatic hydroxyl groups excluding tert-OH is 1. The number of aliphatic hydroxyl groups is 1. The zero-order valence-electron chi connectivity index (χ0n) is 11.6. The van der Waals surface area contributed by atoms with Crippen LogP contribution in [0.5, 0.6) is 0 Å². The highest BCUT2D eigenvalue weighted by Gasteiger charge is 2.26. The van der Waals surface area contributed by atoms with Crippen LogP contribution in [0.2, 0.25) is 0 Å². The number of rotatable bonds is 3. The summed E-state index contributed by atoms with van der Waals surface area (Å²) in [5.41, 5.74) is 2.07. The van der Waals surface area contributed by atoms with Gasteiger partial charge in [0.2, 0.25) is 5.91 Å². The van der Waals surface area contributed by atoms with Crippen LogP contribution in [0.1, 0.15) is 37.1 Å². The lowest BCUT2D eigenvalue weighted by Crippen LogP contribution is -2.48. The molecule has 0 bridgehead atoms. The van der Waals surface area contributed by atoms with E-state index in [2.05, 4.69) is 20.6 Å². The molecule has 2 heterocycles. The van der Waals surface area contributed by atoms with Crippen LogP contribution < -0.4 is 10.6 Å². The Balaban J connectivity index is 1.46. The number of imidazole rings is 1. The predicted octanol–water partition coefficient (Wildman–Crippen LogP) is 0.0913. The monoisotopic (exact) mass is 278 g/mol. The van der Waals surface area contributed by atoms with Gasteiger partial charge in [-0.2, -0.15) is 0 Å². The Bertz CT molecular complexity index is 465. The minimum atomic E-state index is -0.181. The van der Waals surface area contributed by atoms with E-state index < -0.39 is 0 Å². The fourth-order valence-corrected chi connectivity index (χ4v) is 3.07. The third-order valence-electron chi connectivity index (χ3n) is 4.43. The van der Waals surface area contributed by atoms with Crippen LogP contribution in [0.25, 0.3) is 0 Å². The van der Waals surface area contributed by atoms with E-state index in [0.29, 0.717) is 18.9 Å². The number of nitrogens with zero attached hydrogens (tertiary/aromatic N) is 1. The molecule has 0 spiro atoms. The number of amides is 1. The number of aromatic nitrogens is 2. The topological polar surface area (TPSA) is 90.0 Å². The zero-order valence-corrected chi connectivity index (χ0v) is 11.6. The molecule has 0 radical (unpaired) electrons. The van der Waals surface area contributed by atoms with E-state index in [4.69, 9.17) is 0 Å². The van der Waals surface area contributed by atoms with Gasteiger partial charge in [-0.05, 0) is 31.6 Å². The standard InChI is InChI=1S/C14H22N4O2/c19-10-3-1-9(2-4-10)6-16-14(20)12-5-11-13(7-15-12)18-8-17-11/h8-10,12,15,19H,1-7H2,(H,16,20)(H,17,18). The van der Waals surface area contributed by atoms with Crippen molar-refractivity contribution in [3.8, 4) is 0 Å². The van der Waals surface area contributed by atoms with Gasteiger partial charge in [-0.1, -0.05) is 0 Å². The molecule has 1 aliphatic heterocycles. The number of carbonyl (C=O) groups is 1. The van der Waals surface area contributed by atoms with E-state index in [1.54, 1.807) is 6.33 Å². The molecule has 0 saturated heterocycles. The number of carbonyl (C=O) groups excluding carboxylic acids is 1. The van der Waals surface area contributed by atoms with E-state index >= 15 is 0 Å². The van der Waals surface area contributed by atoms with Crippen LogP contribution in [0, 0.1) is 5.92 Å². The number of H-pyrrole nitrogens is 1. The molecule has 1 fully saturated rings. The van der Waals surface area contributed by atoms with Gasteiger partial charge < -0.3 is 15.4 Å². The Morgan fingerprint density at radius 3 is 3.00 bits per heavy atom. The normalized spacial score (nSPS) is 29.8. The lowest BCUT2D eigenvalue weighted by molar-refractivity contribution is -0.123. The van der Waals surface area contributed by atoms with Crippen LogP contribution in [-0.4, -0.2) is 39.7 Å². The van der Waals surface area contributed by atoms with Gasteiger partial charge in [0.15, 0.2) is 0 Å². The molecule has 1 aromatic rings. The van der Waals surface area contributed by atoms with E-state index in [-0.39, 0.29) is 18.1 Å². The third-order valence-corrected chi connectivity index (χ3v) is 4.43. The molecule has 1 atom stereocenters. The Kier molecular flexibility index (Phi) is 4.03. The molecule has 1 amide bonds. The maximum atomic E-state index is 12.2. The number of hydrogen-bond acceptors (Lipinski definition) is 4. The van der Waals surface area contributed by atoms with Gasteiger partial charge in [-0.15, -0.1) is 0 Å². The average molecular weight is 278 g/mol. The molecule has 0 aromatic carbocycles. The molecule has 1 aromatic heterocycles.